The van der Waals surface area contributed by atoms with Crippen LogP contribution < -0.4 is 5.32 Å². The molecule has 0 aromatic rings. The number of esters is 1. The van der Waals surface area contributed by atoms with Gasteiger partial charge in [0.25, 0.3) is 0 Å². The van der Waals surface area contributed by atoms with Gasteiger partial charge in [-0.3, -0.25) is 9.59 Å². The lowest BCUT2D eigenvalue weighted by Gasteiger charge is -2.20. The van der Waals surface area contributed by atoms with Crippen LogP contribution in [0.3, 0.4) is 0 Å². The number of carbonyl (C=O) groups excluding carboxylic acids is 2. The minimum absolute atomic E-state index is 0.00231. The van der Waals surface area contributed by atoms with E-state index in [4.69, 9.17) is 4.74 Å². The Morgan fingerprint density at radius 3 is 1.11 bits per heavy atom. The number of nitrogens with one attached hydrogen (secondary N) is 1. The zero-order valence-corrected chi connectivity index (χ0v) is 48.2. The Bertz CT molecular complexity index is 1210. The Kier molecular flexibility index (Phi) is 59.5. The first-order valence-electron chi connectivity index (χ1n) is 31.9. The van der Waals surface area contributed by atoms with Gasteiger partial charge in [-0.05, 0) is 83.5 Å². The van der Waals surface area contributed by atoms with Gasteiger partial charge in [-0.25, -0.2) is 0 Å². The fourth-order valence-corrected chi connectivity index (χ4v) is 9.65. The van der Waals surface area contributed by atoms with E-state index in [9.17, 15) is 19.8 Å². The molecule has 0 fully saturated rings. The topological polar surface area (TPSA) is 95.9 Å². The fourth-order valence-electron chi connectivity index (χ4n) is 9.65. The molecular weight excluding hydrogens is 887 g/mol. The summed E-state index contributed by atoms with van der Waals surface area (Å²) in [4.78, 5) is 24.4. The van der Waals surface area contributed by atoms with E-state index in [2.05, 4.69) is 55.6 Å². The van der Waals surface area contributed by atoms with Crippen molar-refractivity contribution in [3.8, 4) is 0 Å². The van der Waals surface area contributed by atoms with Gasteiger partial charge in [-0.1, -0.05) is 287 Å². The van der Waals surface area contributed by atoms with E-state index in [1.54, 1.807) is 6.08 Å². The minimum Gasteiger partial charge on any atom is -0.466 e. The van der Waals surface area contributed by atoms with Gasteiger partial charge in [0.2, 0.25) is 5.91 Å². The number of amides is 1. The van der Waals surface area contributed by atoms with E-state index in [0.29, 0.717) is 19.4 Å². The van der Waals surface area contributed by atoms with Crippen LogP contribution in [0.1, 0.15) is 335 Å². The summed E-state index contributed by atoms with van der Waals surface area (Å²) in [6.07, 6.45) is 78.9. The molecule has 422 valence electrons. The van der Waals surface area contributed by atoms with Crippen LogP contribution in [0.25, 0.3) is 0 Å². The van der Waals surface area contributed by atoms with Crippen molar-refractivity contribution in [2.75, 3.05) is 13.2 Å². The molecule has 6 nitrogen and oxygen atoms in total. The molecule has 0 spiro atoms. The van der Waals surface area contributed by atoms with Crippen molar-refractivity contribution < 1.29 is 24.5 Å². The highest BCUT2D eigenvalue weighted by molar-refractivity contribution is 5.76. The van der Waals surface area contributed by atoms with Crippen molar-refractivity contribution in [3.63, 3.8) is 0 Å². The smallest absolute Gasteiger partial charge is 0.305 e. The molecule has 2 unspecified atom stereocenters. The first-order chi connectivity index (χ1) is 35.5. The van der Waals surface area contributed by atoms with Crippen molar-refractivity contribution in [1.29, 1.82) is 0 Å². The van der Waals surface area contributed by atoms with Crippen LogP contribution in [0, 0.1) is 0 Å². The van der Waals surface area contributed by atoms with Gasteiger partial charge in [-0.15, -0.1) is 0 Å². The first-order valence-corrected chi connectivity index (χ1v) is 31.9. The van der Waals surface area contributed by atoms with Crippen LogP contribution in [0.5, 0.6) is 0 Å². The second-order valence-electron chi connectivity index (χ2n) is 21.7. The molecule has 0 saturated heterocycles. The van der Waals surface area contributed by atoms with Gasteiger partial charge in [0.15, 0.2) is 0 Å². The number of rotatable bonds is 59. The summed E-state index contributed by atoms with van der Waals surface area (Å²) in [6.45, 7) is 4.85. The Balaban J connectivity index is 3.36. The van der Waals surface area contributed by atoms with E-state index < -0.39 is 12.1 Å². The van der Waals surface area contributed by atoms with Crippen LogP contribution in [-0.4, -0.2) is 47.4 Å². The Morgan fingerprint density at radius 2 is 0.708 bits per heavy atom. The molecule has 0 aliphatic rings. The summed E-state index contributed by atoms with van der Waals surface area (Å²) in [5.74, 6) is -0.0652. The average molecular weight is 1010 g/mol. The Morgan fingerprint density at radius 1 is 0.389 bits per heavy atom. The number of allylic oxidation sites excluding steroid dienone is 7. The highest BCUT2D eigenvalue weighted by Crippen LogP contribution is 2.17. The Hall–Kier alpha value is -2.18. The molecular formula is C66H123NO5. The molecule has 2 atom stereocenters. The predicted molar refractivity (Wildman–Crippen MR) is 315 cm³/mol. The summed E-state index contributed by atoms with van der Waals surface area (Å²) in [7, 11) is 0. The molecule has 0 heterocycles. The SMILES string of the molecule is CCCC/C=C\C/C=C\CCCCCCCC(=O)OCCCCCCCCCCCCCC/C=C\CCCCCCCCCCCCCCCCCC(=O)NC(CO)C(O)/C=C/CCCCCCCCCC. The maximum atomic E-state index is 12.4. The minimum atomic E-state index is -0.841. The standard InChI is InChI=1S/C66H123NO5/c1-3-5-7-9-11-13-15-16-37-40-44-48-52-56-60-66(71)72-61-57-53-49-45-41-38-35-33-31-29-27-25-23-21-19-17-18-20-22-24-26-28-30-32-34-36-39-43-47-51-55-59-65(70)67-63(62-68)64(69)58-54-50-46-42-14-12-10-8-6-4-2/h9,11,15-16,19,21,54,58,63-64,68-69H,3-8,10,12-14,17-18,20,22-53,55-57,59-62H2,1-2H3,(H,67,70)/b11-9-,16-15-,21-19-,58-54+. The molecule has 0 rings (SSSR count). The lowest BCUT2D eigenvalue weighted by atomic mass is 10.0. The maximum absolute atomic E-state index is 12.4. The number of hydrogen-bond acceptors (Lipinski definition) is 5. The van der Waals surface area contributed by atoms with Crippen LogP contribution in [-0.2, 0) is 14.3 Å². The monoisotopic (exact) mass is 1010 g/mol. The highest BCUT2D eigenvalue weighted by atomic mass is 16.5. The van der Waals surface area contributed by atoms with Crippen molar-refractivity contribution >= 4 is 11.9 Å². The normalized spacial score (nSPS) is 12.9. The molecule has 72 heavy (non-hydrogen) atoms. The largest absolute Gasteiger partial charge is 0.466 e. The van der Waals surface area contributed by atoms with Gasteiger partial charge in [-0.2, -0.15) is 0 Å². The molecule has 0 saturated carbocycles. The number of ether oxygens (including phenoxy) is 1. The zero-order chi connectivity index (χ0) is 52.2. The molecule has 0 radical (unpaired) electrons. The van der Waals surface area contributed by atoms with Crippen molar-refractivity contribution in [1.82, 2.24) is 5.32 Å². The van der Waals surface area contributed by atoms with E-state index >= 15 is 0 Å². The summed E-state index contributed by atoms with van der Waals surface area (Å²) >= 11 is 0. The third kappa shape index (κ3) is 57.1. The average Bonchev–Trinajstić information content (AvgIpc) is 3.38. The van der Waals surface area contributed by atoms with Crippen LogP contribution in [0.15, 0.2) is 48.6 Å². The summed E-state index contributed by atoms with van der Waals surface area (Å²) < 4.78 is 5.48. The number of aliphatic hydroxyl groups excluding tert-OH is 2. The third-order valence-electron chi connectivity index (χ3n) is 14.6. The summed E-state index contributed by atoms with van der Waals surface area (Å²) in [6, 6.07) is -0.625. The molecule has 0 aliphatic carbocycles. The second kappa shape index (κ2) is 61.4. The van der Waals surface area contributed by atoms with Crippen LogP contribution >= 0.6 is 0 Å². The zero-order valence-electron chi connectivity index (χ0n) is 48.2. The van der Waals surface area contributed by atoms with Gasteiger partial charge >= 0.3 is 5.97 Å². The number of carbonyl (C=O) groups is 2. The summed E-state index contributed by atoms with van der Waals surface area (Å²) in [5.41, 5.74) is 0. The maximum Gasteiger partial charge on any atom is 0.305 e. The molecule has 1 amide bonds. The third-order valence-corrected chi connectivity index (χ3v) is 14.6. The molecule has 6 heteroatoms. The summed E-state index contributed by atoms with van der Waals surface area (Å²) in [5, 5.41) is 23.0. The van der Waals surface area contributed by atoms with Gasteiger partial charge in [0, 0.05) is 12.8 Å². The first kappa shape index (κ1) is 69.8. The van der Waals surface area contributed by atoms with Crippen molar-refractivity contribution in [2.45, 2.75) is 347 Å². The van der Waals surface area contributed by atoms with E-state index in [-0.39, 0.29) is 18.5 Å². The molecule has 0 aromatic heterocycles. The molecule has 3 N–H and O–H groups in total. The number of aliphatic hydroxyl groups is 2. The highest BCUT2D eigenvalue weighted by Gasteiger charge is 2.18. The fraction of sp³-hybridized carbons (Fsp3) is 0.848. The van der Waals surface area contributed by atoms with E-state index in [1.807, 2.05) is 6.08 Å². The number of hydrogen-bond donors (Lipinski definition) is 3. The number of unbranched alkanes of at least 4 members (excludes halogenated alkanes) is 42. The van der Waals surface area contributed by atoms with Crippen molar-refractivity contribution in [2.24, 2.45) is 0 Å². The van der Waals surface area contributed by atoms with Crippen LogP contribution in [0.4, 0.5) is 0 Å². The molecule has 0 bridgehead atoms. The molecule has 0 aliphatic heterocycles. The van der Waals surface area contributed by atoms with Crippen molar-refractivity contribution in [3.05, 3.63) is 48.6 Å². The lowest BCUT2D eigenvalue weighted by Crippen LogP contribution is -2.45. The molecule has 0 aromatic carbocycles. The van der Waals surface area contributed by atoms with E-state index in [0.717, 1.165) is 51.4 Å². The quantitative estimate of drug-likeness (QED) is 0.0320. The lowest BCUT2D eigenvalue weighted by molar-refractivity contribution is -0.143. The Labute approximate surface area is 448 Å². The second-order valence-corrected chi connectivity index (χ2v) is 21.7. The van der Waals surface area contributed by atoms with Gasteiger partial charge < -0.3 is 20.3 Å². The predicted octanol–water partition coefficient (Wildman–Crippen LogP) is 20.1. The van der Waals surface area contributed by atoms with Gasteiger partial charge in [0.1, 0.15) is 0 Å². The van der Waals surface area contributed by atoms with Gasteiger partial charge in [0.05, 0.1) is 25.4 Å². The van der Waals surface area contributed by atoms with Crippen LogP contribution in [0.2, 0.25) is 0 Å². The van der Waals surface area contributed by atoms with E-state index in [1.165, 1.54) is 257 Å².